The molecule has 2 atom stereocenters. The van der Waals surface area contributed by atoms with Gasteiger partial charge in [0.2, 0.25) is 10.0 Å². The monoisotopic (exact) mass is 337 g/mol. The number of hydrogen-bond donors (Lipinski definition) is 1. The first-order valence-electron chi connectivity index (χ1n) is 6.58. The van der Waals surface area contributed by atoms with Gasteiger partial charge >= 0.3 is 12.0 Å². The number of amides is 2. The van der Waals surface area contributed by atoms with Gasteiger partial charge in [0.05, 0.1) is 11.6 Å². The number of carbonyl (C=O) groups excluding carboxylic acids is 1. The van der Waals surface area contributed by atoms with Crippen LogP contribution in [0.5, 0.6) is 0 Å². The summed E-state index contributed by atoms with van der Waals surface area (Å²) in [5.41, 5.74) is 0. The van der Waals surface area contributed by atoms with Crippen molar-refractivity contribution in [1.29, 1.82) is 0 Å². The summed E-state index contributed by atoms with van der Waals surface area (Å²) in [4.78, 5) is 26.6. The number of carbonyl (C=O) groups is 2. The normalized spacial score (nSPS) is 27.9. The molecule has 0 aromatic heterocycles. The number of urea groups is 1. The van der Waals surface area contributed by atoms with Gasteiger partial charge in [-0.15, -0.1) is 11.8 Å². The largest absolute Gasteiger partial charge is 0.480 e. The van der Waals surface area contributed by atoms with Crippen LogP contribution in [-0.4, -0.2) is 89.2 Å². The number of piperazine rings is 1. The molecule has 0 aromatic carbocycles. The first-order valence-corrected chi connectivity index (χ1v) is 9.48. The quantitative estimate of drug-likeness (QED) is 0.732. The van der Waals surface area contributed by atoms with Gasteiger partial charge in [-0.1, -0.05) is 0 Å². The van der Waals surface area contributed by atoms with E-state index in [-0.39, 0.29) is 37.6 Å². The van der Waals surface area contributed by atoms with E-state index in [0.29, 0.717) is 5.75 Å². The molecule has 21 heavy (non-hydrogen) atoms. The smallest absolute Gasteiger partial charge is 0.327 e. The number of aliphatic carboxylic acids is 1. The van der Waals surface area contributed by atoms with Crippen LogP contribution in [0.1, 0.15) is 6.92 Å². The summed E-state index contributed by atoms with van der Waals surface area (Å²) in [7, 11) is -3.25. The summed E-state index contributed by atoms with van der Waals surface area (Å²) in [6, 6.07) is -1.14. The summed E-state index contributed by atoms with van der Waals surface area (Å²) < 4.78 is 24.2. The SMILES string of the molecule is CC1SCC(C(=O)O)N1C(=O)N1CCN(S(C)(=O)=O)CC1. The molecule has 8 nitrogen and oxygen atoms in total. The first-order chi connectivity index (χ1) is 9.71. The highest BCUT2D eigenvalue weighted by Gasteiger charge is 2.42. The predicted octanol–water partition coefficient (Wildman–Crippen LogP) is -0.468. The van der Waals surface area contributed by atoms with Crippen molar-refractivity contribution in [3.63, 3.8) is 0 Å². The van der Waals surface area contributed by atoms with Crippen LogP contribution in [0.25, 0.3) is 0 Å². The third kappa shape index (κ3) is 3.43. The van der Waals surface area contributed by atoms with E-state index in [9.17, 15) is 23.1 Å². The molecule has 2 rings (SSSR count). The van der Waals surface area contributed by atoms with E-state index in [1.54, 1.807) is 6.92 Å². The van der Waals surface area contributed by atoms with Crippen molar-refractivity contribution in [3.05, 3.63) is 0 Å². The van der Waals surface area contributed by atoms with Crippen LogP contribution in [0.3, 0.4) is 0 Å². The molecule has 0 bridgehead atoms. The lowest BCUT2D eigenvalue weighted by atomic mass is 10.3. The highest BCUT2D eigenvalue weighted by atomic mass is 32.2. The molecule has 2 amide bonds. The molecule has 2 unspecified atom stereocenters. The minimum absolute atomic E-state index is 0.188. The molecule has 0 radical (unpaired) electrons. The fourth-order valence-electron chi connectivity index (χ4n) is 2.50. The van der Waals surface area contributed by atoms with Crippen LogP contribution < -0.4 is 0 Å². The topological polar surface area (TPSA) is 98.2 Å². The average molecular weight is 337 g/mol. The van der Waals surface area contributed by atoms with Crippen molar-refractivity contribution in [2.45, 2.75) is 18.3 Å². The van der Waals surface area contributed by atoms with Crippen LogP contribution in [0.15, 0.2) is 0 Å². The number of sulfonamides is 1. The van der Waals surface area contributed by atoms with Crippen molar-refractivity contribution in [2.24, 2.45) is 0 Å². The molecule has 2 heterocycles. The van der Waals surface area contributed by atoms with E-state index in [2.05, 4.69) is 0 Å². The molecule has 0 aromatic rings. The number of nitrogens with zero attached hydrogens (tertiary/aromatic N) is 3. The molecular formula is C11H19N3O5S2. The van der Waals surface area contributed by atoms with Crippen molar-refractivity contribution >= 4 is 33.8 Å². The highest BCUT2D eigenvalue weighted by Crippen LogP contribution is 2.30. The minimum atomic E-state index is -3.25. The molecule has 0 aliphatic carbocycles. The van der Waals surface area contributed by atoms with Crippen LogP contribution in [0.2, 0.25) is 0 Å². The van der Waals surface area contributed by atoms with Gasteiger partial charge in [0.1, 0.15) is 6.04 Å². The molecule has 10 heteroatoms. The molecular weight excluding hydrogens is 318 g/mol. The lowest BCUT2D eigenvalue weighted by Crippen LogP contribution is -2.56. The zero-order valence-corrected chi connectivity index (χ0v) is 13.6. The van der Waals surface area contributed by atoms with Gasteiger partial charge in [-0.25, -0.2) is 18.0 Å². The van der Waals surface area contributed by atoms with Crippen molar-refractivity contribution in [2.75, 3.05) is 38.2 Å². The molecule has 1 N–H and O–H groups in total. The van der Waals surface area contributed by atoms with Crippen LogP contribution >= 0.6 is 11.8 Å². The molecule has 0 saturated carbocycles. The lowest BCUT2D eigenvalue weighted by molar-refractivity contribution is -0.141. The van der Waals surface area contributed by atoms with Gasteiger partial charge in [-0.3, -0.25) is 4.90 Å². The van der Waals surface area contributed by atoms with Crippen molar-refractivity contribution in [1.82, 2.24) is 14.1 Å². The Balaban J connectivity index is 2.03. The molecule has 2 aliphatic heterocycles. The third-order valence-electron chi connectivity index (χ3n) is 3.71. The maximum absolute atomic E-state index is 12.5. The number of thioether (sulfide) groups is 1. The average Bonchev–Trinajstić information content (AvgIpc) is 2.79. The molecule has 2 aliphatic rings. The first kappa shape index (κ1) is 16.4. The summed E-state index contributed by atoms with van der Waals surface area (Å²) in [6.07, 6.45) is 1.14. The second kappa shape index (κ2) is 6.01. The summed E-state index contributed by atoms with van der Waals surface area (Å²) in [5, 5.41) is 9.00. The Morgan fingerprint density at radius 3 is 2.24 bits per heavy atom. The van der Waals surface area contributed by atoms with E-state index in [1.165, 1.54) is 25.9 Å². The van der Waals surface area contributed by atoms with Gasteiger partial charge in [-0.2, -0.15) is 4.31 Å². The maximum atomic E-state index is 12.5. The Kier molecular flexibility index (Phi) is 4.69. The molecule has 120 valence electrons. The van der Waals surface area contributed by atoms with Crippen molar-refractivity contribution < 1.29 is 23.1 Å². The Hall–Kier alpha value is -1.00. The Bertz CT molecular complexity index is 530. The van der Waals surface area contributed by atoms with E-state index < -0.39 is 22.0 Å². The van der Waals surface area contributed by atoms with Crippen molar-refractivity contribution in [3.8, 4) is 0 Å². The molecule has 2 fully saturated rings. The van der Waals surface area contributed by atoms with Gasteiger partial charge in [0.15, 0.2) is 0 Å². The van der Waals surface area contributed by atoms with Gasteiger partial charge < -0.3 is 10.0 Å². The number of carboxylic acid groups (broad SMARTS) is 1. The van der Waals surface area contributed by atoms with Crippen LogP contribution in [-0.2, 0) is 14.8 Å². The zero-order chi connectivity index (χ0) is 15.8. The summed E-state index contributed by atoms with van der Waals surface area (Å²) >= 11 is 1.43. The zero-order valence-electron chi connectivity index (χ0n) is 11.9. The van der Waals surface area contributed by atoms with Gasteiger partial charge in [0.25, 0.3) is 0 Å². The van der Waals surface area contributed by atoms with E-state index in [4.69, 9.17) is 0 Å². The Labute approximate surface area is 128 Å². The lowest BCUT2D eigenvalue weighted by Gasteiger charge is -2.37. The summed E-state index contributed by atoms with van der Waals surface area (Å²) in [6.45, 7) is 2.87. The maximum Gasteiger partial charge on any atom is 0.327 e. The standard InChI is InChI=1S/C11H19N3O5S2/c1-8-14(9(7-20-8)10(15)16)11(17)12-3-5-13(6-4-12)21(2,18)19/h8-9H,3-7H2,1-2H3,(H,15,16). The fourth-order valence-corrected chi connectivity index (χ4v) is 4.49. The predicted molar refractivity (Wildman–Crippen MR) is 78.6 cm³/mol. The van der Waals surface area contributed by atoms with Crippen LogP contribution in [0.4, 0.5) is 4.79 Å². The highest BCUT2D eigenvalue weighted by molar-refractivity contribution is 8.00. The third-order valence-corrected chi connectivity index (χ3v) is 6.23. The van der Waals surface area contributed by atoms with Gasteiger partial charge in [-0.05, 0) is 6.92 Å². The number of carboxylic acids is 1. The fraction of sp³-hybridized carbons (Fsp3) is 0.818. The second-order valence-corrected chi connectivity index (χ2v) is 8.46. The Morgan fingerprint density at radius 1 is 1.19 bits per heavy atom. The Morgan fingerprint density at radius 2 is 1.76 bits per heavy atom. The molecule has 2 saturated heterocycles. The van der Waals surface area contributed by atoms with E-state index in [1.807, 2.05) is 0 Å². The minimum Gasteiger partial charge on any atom is -0.480 e. The van der Waals surface area contributed by atoms with Crippen LogP contribution in [0, 0.1) is 0 Å². The second-order valence-electron chi connectivity index (χ2n) is 5.13. The van der Waals surface area contributed by atoms with Gasteiger partial charge in [0, 0.05) is 31.9 Å². The number of rotatable bonds is 2. The molecule has 0 spiro atoms. The number of hydrogen-bond acceptors (Lipinski definition) is 5. The summed E-state index contributed by atoms with van der Waals surface area (Å²) in [5.74, 6) is -0.624. The van der Waals surface area contributed by atoms with E-state index >= 15 is 0 Å². The van der Waals surface area contributed by atoms with E-state index in [0.717, 1.165) is 6.26 Å².